The molecule has 1 heterocycles. The second kappa shape index (κ2) is 6.87. The molecule has 7 heteroatoms. The molecule has 0 atom stereocenters. The van der Waals surface area contributed by atoms with Crippen molar-refractivity contribution in [3.8, 4) is 17.1 Å². The van der Waals surface area contributed by atoms with Crippen LogP contribution in [0.4, 0.5) is 10.1 Å². The first-order chi connectivity index (χ1) is 13.1. The Hall–Kier alpha value is -3.74. The summed E-state index contributed by atoms with van der Waals surface area (Å²) < 4.78 is 18.9. The number of H-pyrrole nitrogens is 1. The van der Waals surface area contributed by atoms with Crippen molar-refractivity contribution in [3.63, 3.8) is 0 Å². The quantitative estimate of drug-likeness (QED) is 0.406. The minimum Gasteiger partial charge on any atom is -0.489 e. The van der Waals surface area contributed by atoms with Gasteiger partial charge in [0.05, 0.1) is 16.0 Å². The van der Waals surface area contributed by atoms with Gasteiger partial charge in [-0.05, 0) is 48.0 Å². The summed E-state index contributed by atoms with van der Waals surface area (Å²) >= 11 is 0. The van der Waals surface area contributed by atoms with E-state index in [-0.39, 0.29) is 18.1 Å². The zero-order chi connectivity index (χ0) is 18.8. The van der Waals surface area contributed by atoms with Crippen LogP contribution >= 0.6 is 0 Å². The van der Waals surface area contributed by atoms with Gasteiger partial charge < -0.3 is 9.72 Å². The van der Waals surface area contributed by atoms with E-state index in [9.17, 15) is 14.5 Å². The maximum atomic E-state index is 13.2. The van der Waals surface area contributed by atoms with Crippen LogP contribution in [0.3, 0.4) is 0 Å². The van der Waals surface area contributed by atoms with Gasteiger partial charge in [0.2, 0.25) is 0 Å². The number of nitro groups is 1. The number of nitrogens with one attached hydrogen (secondary N) is 1. The van der Waals surface area contributed by atoms with Crippen LogP contribution in [0.5, 0.6) is 5.75 Å². The van der Waals surface area contributed by atoms with Crippen LogP contribution in [0.15, 0.2) is 66.7 Å². The molecular weight excluding hydrogens is 349 g/mol. The second-order valence-corrected chi connectivity index (χ2v) is 5.99. The lowest BCUT2D eigenvalue weighted by Gasteiger charge is -2.07. The predicted octanol–water partition coefficient (Wildman–Crippen LogP) is 4.86. The Bertz CT molecular complexity index is 1120. The number of fused-ring (bicyclic) bond motifs is 1. The molecule has 1 N–H and O–H groups in total. The summed E-state index contributed by atoms with van der Waals surface area (Å²) in [4.78, 5) is 18.0. The number of benzene rings is 3. The van der Waals surface area contributed by atoms with Gasteiger partial charge in [-0.25, -0.2) is 9.37 Å². The first-order valence-electron chi connectivity index (χ1n) is 8.20. The first kappa shape index (κ1) is 16.7. The Kier molecular flexibility index (Phi) is 4.25. The highest BCUT2D eigenvalue weighted by atomic mass is 19.1. The number of aromatic amines is 1. The second-order valence-electron chi connectivity index (χ2n) is 5.99. The zero-order valence-electron chi connectivity index (χ0n) is 14.1. The van der Waals surface area contributed by atoms with Gasteiger partial charge in [0.1, 0.15) is 24.0 Å². The van der Waals surface area contributed by atoms with Gasteiger partial charge in [-0.2, -0.15) is 0 Å². The molecule has 1 aromatic heterocycles. The van der Waals surface area contributed by atoms with Crippen molar-refractivity contribution in [1.82, 2.24) is 9.97 Å². The van der Waals surface area contributed by atoms with E-state index in [4.69, 9.17) is 4.74 Å². The smallest absolute Gasteiger partial charge is 0.271 e. The number of hydrogen-bond acceptors (Lipinski definition) is 4. The van der Waals surface area contributed by atoms with Gasteiger partial charge >= 0.3 is 0 Å². The van der Waals surface area contributed by atoms with Crippen LogP contribution in [0, 0.1) is 15.9 Å². The maximum Gasteiger partial charge on any atom is 0.271 e. The molecule has 0 radical (unpaired) electrons. The van der Waals surface area contributed by atoms with E-state index in [0.717, 1.165) is 11.1 Å². The summed E-state index contributed by atoms with van der Waals surface area (Å²) in [6, 6.07) is 18.0. The van der Waals surface area contributed by atoms with Gasteiger partial charge in [-0.3, -0.25) is 10.1 Å². The molecule has 4 aromatic rings. The fraction of sp³-hybridized carbons (Fsp3) is 0.0500. The fourth-order valence-electron chi connectivity index (χ4n) is 2.75. The lowest BCUT2D eigenvalue weighted by atomic mass is 10.2. The first-order valence-corrected chi connectivity index (χ1v) is 8.20. The number of nitro benzene ring substituents is 1. The van der Waals surface area contributed by atoms with Crippen molar-refractivity contribution in [2.45, 2.75) is 6.61 Å². The maximum absolute atomic E-state index is 13.2. The largest absolute Gasteiger partial charge is 0.489 e. The molecule has 0 aliphatic carbocycles. The molecule has 0 bridgehead atoms. The minimum absolute atomic E-state index is 0.0128. The molecule has 0 saturated heterocycles. The topological polar surface area (TPSA) is 81.1 Å². The number of nitrogens with zero attached hydrogens (tertiary/aromatic N) is 2. The van der Waals surface area contributed by atoms with Gasteiger partial charge in [0.25, 0.3) is 5.69 Å². The zero-order valence-corrected chi connectivity index (χ0v) is 14.1. The van der Waals surface area contributed by atoms with E-state index in [0.29, 0.717) is 22.6 Å². The summed E-state index contributed by atoms with van der Waals surface area (Å²) in [6.07, 6.45) is 0. The Morgan fingerprint density at radius 2 is 1.89 bits per heavy atom. The van der Waals surface area contributed by atoms with Crippen molar-refractivity contribution >= 4 is 16.7 Å². The molecule has 134 valence electrons. The third kappa shape index (κ3) is 3.62. The normalized spacial score (nSPS) is 10.9. The summed E-state index contributed by atoms with van der Waals surface area (Å²) in [6.45, 7) is 0.269. The molecule has 0 fully saturated rings. The molecule has 6 nitrogen and oxygen atoms in total. The van der Waals surface area contributed by atoms with E-state index in [1.807, 2.05) is 12.1 Å². The van der Waals surface area contributed by atoms with Crippen LogP contribution in [-0.2, 0) is 6.61 Å². The SMILES string of the molecule is O=[N+]([O-])c1ccc2nc(-c3ccc(OCc4cccc(F)c4)cc3)[nH]c2c1. The Morgan fingerprint density at radius 1 is 1.07 bits per heavy atom. The number of halogens is 1. The molecule has 0 aliphatic heterocycles. The van der Waals surface area contributed by atoms with Gasteiger partial charge in [0.15, 0.2) is 0 Å². The van der Waals surface area contributed by atoms with Crippen LogP contribution in [-0.4, -0.2) is 14.9 Å². The summed E-state index contributed by atoms with van der Waals surface area (Å²) in [5, 5.41) is 10.9. The molecule has 27 heavy (non-hydrogen) atoms. The van der Waals surface area contributed by atoms with E-state index >= 15 is 0 Å². The average molecular weight is 363 g/mol. The summed E-state index contributed by atoms with van der Waals surface area (Å²) in [7, 11) is 0. The highest BCUT2D eigenvalue weighted by Gasteiger charge is 2.10. The van der Waals surface area contributed by atoms with Gasteiger partial charge in [0, 0.05) is 17.7 Å². The number of hydrogen-bond donors (Lipinski definition) is 1. The van der Waals surface area contributed by atoms with E-state index in [1.54, 1.807) is 30.3 Å². The number of non-ortho nitro benzene ring substituents is 1. The highest BCUT2D eigenvalue weighted by Crippen LogP contribution is 2.25. The van der Waals surface area contributed by atoms with Crippen LogP contribution < -0.4 is 4.74 Å². The van der Waals surface area contributed by atoms with E-state index in [1.165, 1.54) is 24.3 Å². The lowest BCUT2D eigenvalue weighted by Crippen LogP contribution is -1.95. The van der Waals surface area contributed by atoms with Crippen molar-refractivity contribution in [1.29, 1.82) is 0 Å². The third-order valence-electron chi connectivity index (χ3n) is 4.10. The molecular formula is C20H14FN3O3. The Balaban J connectivity index is 1.51. The van der Waals surface area contributed by atoms with Crippen molar-refractivity contribution < 1.29 is 14.1 Å². The fourth-order valence-corrected chi connectivity index (χ4v) is 2.75. The average Bonchev–Trinajstić information content (AvgIpc) is 3.10. The molecule has 0 saturated carbocycles. The standard InChI is InChI=1S/C20H14FN3O3/c21-15-3-1-2-13(10-15)12-27-17-7-4-14(5-8-17)20-22-18-9-6-16(24(25)26)11-19(18)23-20/h1-11H,12H2,(H,22,23). The number of rotatable bonds is 5. The van der Waals surface area contributed by atoms with Crippen molar-refractivity contribution in [3.05, 3.63) is 88.2 Å². The molecule has 0 aliphatic rings. The number of aromatic nitrogens is 2. The molecule has 0 spiro atoms. The van der Waals surface area contributed by atoms with Gasteiger partial charge in [-0.15, -0.1) is 0 Å². The molecule has 4 rings (SSSR count). The molecule has 3 aromatic carbocycles. The van der Waals surface area contributed by atoms with Crippen LogP contribution in [0.25, 0.3) is 22.4 Å². The molecule has 0 amide bonds. The lowest BCUT2D eigenvalue weighted by molar-refractivity contribution is -0.384. The van der Waals surface area contributed by atoms with Crippen molar-refractivity contribution in [2.24, 2.45) is 0 Å². The minimum atomic E-state index is -0.440. The summed E-state index contributed by atoms with van der Waals surface area (Å²) in [5.41, 5.74) is 2.84. The number of ether oxygens (including phenoxy) is 1. The Morgan fingerprint density at radius 3 is 2.63 bits per heavy atom. The monoisotopic (exact) mass is 363 g/mol. The van der Waals surface area contributed by atoms with Crippen LogP contribution in [0.2, 0.25) is 0 Å². The van der Waals surface area contributed by atoms with Crippen molar-refractivity contribution in [2.75, 3.05) is 0 Å². The van der Waals surface area contributed by atoms with Gasteiger partial charge in [-0.1, -0.05) is 12.1 Å². The Labute approximate surface area is 153 Å². The van der Waals surface area contributed by atoms with Crippen LogP contribution in [0.1, 0.15) is 5.56 Å². The highest BCUT2D eigenvalue weighted by molar-refractivity contribution is 5.81. The molecule has 0 unspecified atom stereocenters. The third-order valence-corrected chi connectivity index (χ3v) is 4.10. The number of imidazole rings is 1. The van der Waals surface area contributed by atoms with E-state index in [2.05, 4.69) is 9.97 Å². The van der Waals surface area contributed by atoms with E-state index < -0.39 is 4.92 Å². The summed E-state index contributed by atoms with van der Waals surface area (Å²) in [5.74, 6) is 0.966. The predicted molar refractivity (Wildman–Crippen MR) is 98.9 cm³/mol.